The van der Waals surface area contributed by atoms with Crippen molar-refractivity contribution in [2.45, 2.75) is 6.42 Å². The van der Waals surface area contributed by atoms with E-state index in [2.05, 4.69) is 5.32 Å². The SMILES string of the molecule is O=C(CN1CCN(c2ccc(F)cc2)C1=O)NCCc1ccc(Cl)cc1. The molecule has 7 heteroatoms. The maximum Gasteiger partial charge on any atom is 0.325 e. The largest absolute Gasteiger partial charge is 0.354 e. The Kier molecular flexibility index (Phi) is 5.73. The van der Waals surface area contributed by atoms with E-state index in [9.17, 15) is 14.0 Å². The second kappa shape index (κ2) is 8.19. The minimum Gasteiger partial charge on any atom is -0.354 e. The number of nitrogens with one attached hydrogen (secondary N) is 1. The number of amides is 3. The van der Waals surface area contributed by atoms with Gasteiger partial charge in [0.15, 0.2) is 0 Å². The van der Waals surface area contributed by atoms with Gasteiger partial charge in [-0.25, -0.2) is 9.18 Å². The molecule has 1 fully saturated rings. The van der Waals surface area contributed by atoms with Crippen molar-refractivity contribution < 1.29 is 14.0 Å². The minimum atomic E-state index is -0.350. The summed E-state index contributed by atoms with van der Waals surface area (Å²) in [6, 6.07) is 13.0. The van der Waals surface area contributed by atoms with Crippen molar-refractivity contribution in [2.75, 3.05) is 31.1 Å². The number of nitrogens with zero attached hydrogens (tertiary/aromatic N) is 2. The summed E-state index contributed by atoms with van der Waals surface area (Å²) in [6.07, 6.45) is 0.693. The summed E-state index contributed by atoms with van der Waals surface area (Å²) in [5.41, 5.74) is 1.71. The zero-order chi connectivity index (χ0) is 18.5. The van der Waals surface area contributed by atoms with Gasteiger partial charge in [0.05, 0.1) is 0 Å². The summed E-state index contributed by atoms with van der Waals surface area (Å²) < 4.78 is 13.0. The van der Waals surface area contributed by atoms with Crippen molar-refractivity contribution in [3.63, 3.8) is 0 Å². The number of carbonyl (C=O) groups excluding carboxylic acids is 2. The number of rotatable bonds is 6. The molecule has 2 aromatic carbocycles. The average Bonchev–Trinajstić information content (AvgIpc) is 2.98. The van der Waals surface area contributed by atoms with E-state index in [1.54, 1.807) is 17.0 Å². The number of carbonyl (C=O) groups is 2. The van der Waals surface area contributed by atoms with Crippen LogP contribution in [0.15, 0.2) is 48.5 Å². The van der Waals surface area contributed by atoms with E-state index in [-0.39, 0.29) is 24.3 Å². The molecular formula is C19H19ClFN3O2. The minimum absolute atomic E-state index is 0.0111. The van der Waals surface area contributed by atoms with Crippen LogP contribution in [0.2, 0.25) is 5.02 Å². The molecule has 0 aromatic heterocycles. The number of hydrogen-bond acceptors (Lipinski definition) is 2. The molecule has 2 aromatic rings. The van der Waals surface area contributed by atoms with Gasteiger partial charge in [-0.2, -0.15) is 0 Å². The highest BCUT2D eigenvalue weighted by Crippen LogP contribution is 2.20. The van der Waals surface area contributed by atoms with Crippen molar-refractivity contribution >= 4 is 29.2 Å². The van der Waals surface area contributed by atoms with E-state index in [0.29, 0.717) is 36.8 Å². The van der Waals surface area contributed by atoms with Gasteiger partial charge < -0.3 is 10.2 Å². The van der Waals surface area contributed by atoms with E-state index in [0.717, 1.165) is 5.56 Å². The van der Waals surface area contributed by atoms with Crippen LogP contribution in [0.3, 0.4) is 0 Å². The van der Waals surface area contributed by atoms with Crippen LogP contribution in [0, 0.1) is 5.82 Å². The van der Waals surface area contributed by atoms with Crippen LogP contribution in [-0.2, 0) is 11.2 Å². The molecule has 5 nitrogen and oxygen atoms in total. The Labute approximate surface area is 156 Å². The molecule has 1 aliphatic rings. The molecule has 1 aliphatic heterocycles. The lowest BCUT2D eigenvalue weighted by Gasteiger charge is -2.18. The zero-order valence-corrected chi connectivity index (χ0v) is 14.9. The standard InChI is InChI=1S/C19H19ClFN3O2/c20-15-3-1-14(2-4-15)9-10-22-18(25)13-23-11-12-24(19(23)26)17-7-5-16(21)6-8-17/h1-8H,9-13H2,(H,22,25). The topological polar surface area (TPSA) is 52.7 Å². The van der Waals surface area contributed by atoms with E-state index in [1.807, 2.05) is 24.3 Å². The van der Waals surface area contributed by atoms with Crippen molar-refractivity contribution in [1.29, 1.82) is 0 Å². The molecule has 0 aliphatic carbocycles. The number of anilines is 1. The van der Waals surface area contributed by atoms with Gasteiger partial charge in [0.1, 0.15) is 12.4 Å². The van der Waals surface area contributed by atoms with Crippen LogP contribution >= 0.6 is 11.6 Å². The average molecular weight is 376 g/mol. The third kappa shape index (κ3) is 4.52. The molecule has 0 unspecified atom stereocenters. The molecule has 0 radical (unpaired) electrons. The first-order valence-electron chi connectivity index (χ1n) is 8.36. The van der Waals surface area contributed by atoms with E-state index < -0.39 is 0 Å². The Morgan fingerprint density at radius 1 is 1.08 bits per heavy atom. The first-order valence-corrected chi connectivity index (χ1v) is 8.74. The predicted octanol–water partition coefficient (Wildman–Crippen LogP) is 3.08. The molecule has 3 rings (SSSR count). The molecule has 1 N–H and O–H groups in total. The Balaban J connectivity index is 1.46. The van der Waals surface area contributed by atoms with Gasteiger partial charge in [-0.1, -0.05) is 23.7 Å². The Morgan fingerprint density at radius 3 is 2.46 bits per heavy atom. The van der Waals surface area contributed by atoms with Crippen molar-refractivity contribution in [3.05, 3.63) is 64.9 Å². The third-order valence-electron chi connectivity index (χ3n) is 4.22. The second-order valence-electron chi connectivity index (χ2n) is 6.06. The fraction of sp³-hybridized carbons (Fsp3) is 0.263. The zero-order valence-electron chi connectivity index (χ0n) is 14.1. The summed E-state index contributed by atoms with van der Waals surface area (Å²) in [4.78, 5) is 27.5. The highest BCUT2D eigenvalue weighted by molar-refractivity contribution is 6.30. The summed E-state index contributed by atoms with van der Waals surface area (Å²) in [6.45, 7) is 1.44. The van der Waals surface area contributed by atoms with Gasteiger partial charge in [-0.05, 0) is 48.4 Å². The molecule has 0 spiro atoms. The molecule has 3 amide bonds. The van der Waals surface area contributed by atoms with Crippen molar-refractivity contribution in [1.82, 2.24) is 10.2 Å². The van der Waals surface area contributed by atoms with Crippen LogP contribution in [-0.4, -0.2) is 43.0 Å². The molecule has 0 saturated carbocycles. The Bertz CT molecular complexity index is 780. The molecular weight excluding hydrogens is 357 g/mol. The lowest BCUT2D eigenvalue weighted by Crippen LogP contribution is -2.40. The summed E-state index contributed by atoms with van der Waals surface area (Å²) >= 11 is 5.84. The maximum atomic E-state index is 13.0. The number of urea groups is 1. The molecule has 136 valence electrons. The molecule has 1 heterocycles. The predicted molar refractivity (Wildman–Crippen MR) is 98.9 cm³/mol. The molecule has 0 bridgehead atoms. The summed E-state index contributed by atoms with van der Waals surface area (Å²) in [7, 11) is 0. The normalized spacial score (nSPS) is 14.0. The van der Waals surface area contributed by atoms with Crippen LogP contribution in [0.5, 0.6) is 0 Å². The monoisotopic (exact) mass is 375 g/mol. The quantitative estimate of drug-likeness (QED) is 0.843. The number of halogens is 2. The highest BCUT2D eigenvalue weighted by atomic mass is 35.5. The van der Waals surface area contributed by atoms with Gasteiger partial charge in [0, 0.05) is 30.3 Å². The van der Waals surface area contributed by atoms with E-state index >= 15 is 0 Å². The van der Waals surface area contributed by atoms with Crippen LogP contribution in [0.4, 0.5) is 14.9 Å². The Morgan fingerprint density at radius 2 is 1.77 bits per heavy atom. The maximum absolute atomic E-state index is 13.0. The Hall–Kier alpha value is -2.60. The lowest BCUT2D eigenvalue weighted by molar-refractivity contribution is -0.121. The van der Waals surface area contributed by atoms with Crippen LogP contribution < -0.4 is 10.2 Å². The van der Waals surface area contributed by atoms with E-state index in [4.69, 9.17) is 11.6 Å². The second-order valence-corrected chi connectivity index (χ2v) is 6.50. The van der Waals surface area contributed by atoms with Gasteiger partial charge in [0.2, 0.25) is 5.91 Å². The molecule has 0 atom stereocenters. The highest BCUT2D eigenvalue weighted by Gasteiger charge is 2.30. The first-order chi connectivity index (χ1) is 12.5. The summed E-state index contributed by atoms with van der Waals surface area (Å²) in [5, 5.41) is 3.50. The number of hydrogen-bond donors (Lipinski definition) is 1. The van der Waals surface area contributed by atoms with Gasteiger partial charge in [-0.3, -0.25) is 9.69 Å². The summed E-state index contributed by atoms with van der Waals surface area (Å²) in [5.74, 6) is -0.550. The van der Waals surface area contributed by atoms with Crippen molar-refractivity contribution in [3.8, 4) is 0 Å². The van der Waals surface area contributed by atoms with Gasteiger partial charge in [0.25, 0.3) is 0 Å². The molecule has 26 heavy (non-hydrogen) atoms. The fourth-order valence-corrected chi connectivity index (χ4v) is 2.94. The lowest BCUT2D eigenvalue weighted by atomic mass is 10.1. The van der Waals surface area contributed by atoms with Gasteiger partial charge in [-0.15, -0.1) is 0 Å². The van der Waals surface area contributed by atoms with Crippen molar-refractivity contribution in [2.24, 2.45) is 0 Å². The van der Waals surface area contributed by atoms with Gasteiger partial charge >= 0.3 is 6.03 Å². The first kappa shape index (κ1) is 18.2. The number of benzene rings is 2. The fourth-order valence-electron chi connectivity index (χ4n) is 2.82. The smallest absolute Gasteiger partial charge is 0.325 e. The van der Waals surface area contributed by atoms with Crippen LogP contribution in [0.1, 0.15) is 5.56 Å². The van der Waals surface area contributed by atoms with E-state index in [1.165, 1.54) is 17.0 Å². The molecule has 1 saturated heterocycles. The van der Waals surface area contributed by atoms with Crippen LogP contribution in [0.25, 0.3) is 0 Å². The third-order valence-corrected chi connectivity index (χ3v) is 4.47.